The number of nitrogens with zero attached hydrogens (tertiary/aromatic N) is 2. The van der Waals surface area contributed by atoms with Crippen molar-refractivity contribution in [1.82, 2.24) is 9.38 Å². The third kappa shape index (κ3) is 2.17. The number of carbonyl (C=O) groups is 1. The first kappa shape index (κ1) is 13.6. The van der Waals surface area contributed by atoms with E-state index in [1.165, 1.54) is 11.3 Å². The van der Waals surface area contributed by atoms with Crippen LogP contribution in [0.2, 0.25) is 0 Å². The van der Waals surface area contributed by atoms with Crippen LogP contribution in [0.15, 0.2) is 29.6 Å². The molecule has 5 nitrogen and oxygen atoms in total. The average Bonchev–Trinajstić information content (AvgIpc) is 2.97. The number of thiazole rings is 1. The van der Waals surface area contributed by atoms with Crippen LogP contribution in [0.1, 0.15) is 23.1 Å². The Morgan fingerprint density at radius 3 is 2.90 bits per heavy atom. The fourth-order valence-electron chi connectivity index (χ4n) is 2.36. The lowest BCUT2D eigenvalue weighted by Crippen LogP contribution is -2.04. The van der Waals surface area contributed by atoms with Crippen molar-refractivity contribution in [3.8, 4) is 17.0 Å². The zero-order valence-corrected chi connectivity index (χ0v) is 12.5. The number of aromatic carboxylic acids is 1. The predicted molar refractivity (Wildman–Crippen MR) is 81.4 cm³/mol. The van der Waals surface area contributed by atoms with Crippen LogP contribution in [-0.4, -0.2) is 27.1 Å². The summed E-state index contributed by atoms with van der Waals surface area (Å²) in [5.74, 6) is -0.240. The molecule has 0 bridgehead atoms. The highest BCUT2D eigenvalue weighted by Gasteiger charge is 2.21. The molecule has 0 radical (unpaired) electrons. The molecular formula is C15H14N2O3S. The predicted octanol–water partition coefficient (Wildman–Crippen LogP) is 3.47. The SMILES string of the molecule is CCOc1ccccc1-c1csc2nc(C)c(C(=O)O)n12. The van der Waals surface area contributed by atoms with Gasteiger partial charge in [0.25, 0.3) is 0 Å². The Morgan fingerprint density at radius 1 is 1.43 bits per heavy atom. The molecule has 1 N–H and O–H groups in total. The molecule has 0 spiro atoms. The second-order valence-corrected chi connectivity index (χ2v) is 5.36. The molecule has 0 unspecified atom stereocenters. The zero-order valence-electron chi connectivity index (χ0n) is 11.7. The minimum atomic E-state index is -0.978. The number of carboxylic acid groups (broad SMARTS) is 1. The first-order chi connectivity index (χ1) is 10.1. The molecule has 2 heterocycles. The van der Waals surface area contributed by atoms with E-state index in [9.17, 15) is 9.90 Å². The van der Waals surface area contributed by atoms with E-state index in [0.29, 0.717) is 17.3 Å². The minimum Gasteiger partial charge on any atom is -0.493 e. The summed E-state index contributed by atoms with van der Waals surface area (Å²) in [5, 5.41) is 11.3. The highest BCUT2D eigenvalue weighted by atomic mass is 32.1. The Morgan fingerprint density at radius 2 is 2.19 bits per heavy atom. The first-order valence-corrected chi connectivity index (χ1v) is 7.43. The molecule has 0 saturated carbocycles. The molecule has 3 rings (SSSR count). The Kier molecular flexibility index (Phi) is 3.39. The van der Waals surface area contributed by atoms with E-state index < -0.39 is 5.97 Å². The Labute approximate surface area is 125 Å². The van der Waals surface area contributed by atoms with Crippen molar-refractivity contribution in [2.45, 2.75) is 13.8 Å². The molecule has 2 aromatic heterocycles. The lowest BCUT2D eigenvalue weighted by molar-refractivity contribution is 0.0688. The summed E-state index contributed by atoms with van der Waals surface area (Å²) in [6, 6.07) is 7.61. The van der Waals surface area contributed by atoms with Gasteiger partial charge in [-0.25, -0.2) is 9.78 Å². The van der Waals surface area contributed by atoms with Crippen LogP contribution in [0, 0.1) is 6.92 Å². The lowest BCUT2D eigenvalue weighted by atomic mass is 10.1. The summed E-state index contributed by atoms with van der Waals surface area (Å²) in [4.78, 5) is 16.5. The Bertz CT molecular complexity index is 820. The highest BCUT2D eigenvalue weighted by molar-refractivity contribution is 7.15. The maximum Gasteiger partial charge on any atom is 0.354 e. The third-order valence-corrected chi connectivity index (χ3v) is 4.03. The lowest BCUT2D eigenvalue weighted by Gasteiger charge is -2.09. The van der Waals surface area contributed by atoms with Gasteiger partial charge in [-0.3, -0.25) is 4.40 Å². The van der Waals surface area contributed by atoms with Crippen LogP contribution in [0.5, 0.6) is 5.75 Å². The molecule has 0 saturated heterocycles. The molecular weight excluding hydrogens is 288 g/mol. The van der Waals surface area contributed by atoms with E-state index in [0.717, 1.165) is 17.0 Å². The molecule has 108 valence electrons. The molecule has 0 aliphatic heterocycles. The molecule has 0 fully saturated rings. The maximum absolute atomic E-state index is 11.5. The van der Waals surface area contributed by atoms with Crippen LogP contribution in [0.25, 0.3) is 16.2 Å². The fourth-order valence-corrected chi connectivity index (χ4v) is 3.30. The number of imidazole rings is 1. The van der Waals surface area contributed by atoms with Gasteiger partial charge in [-0.05, 0) is 26.0 Å². The van der Waals surface area contributed by atoms with Gasteiger partial charge in [-0.15, -0.1) is 11.3 Å². The molecule has 6 heteroatoms. The average molecular weight is 302 g/mol. The van der Waals surface area contributed by atoms with Gasteiger partial charge in [0.15, 0.2) is 10.7 Å². The van der Waals surface area contributed by atoms with Crippen molar-refractivity contribution in [3.63, 3.8) is 0 Å². The molecule has 0 aliphatic rings. The number of ether oxygens (including phenoxy) is 1. The van der Waals surface area contributed by atoms with Crippen molar-refractivity contribution in [2.75, 3.05) is 6.61 Å². The monoisotopic (exact) mass is 302 g/mol. The number of para-hydroxylation sites is 1. The zero-order chi connectivity index (χ0) is 15.0. The van der Waals surface area contributed by atoms with Gasteiger partial charge in [0.1, 0.15) is 5.75 Å². The molecule has 0 aliphatic carbocycles. The van der Waals surface area contributed by atoms with Gasteiger partial charge in [-0.1, -0.05) is 12.1 Å². The van der Waals surface area contributed by atoms with Crippen molar-refractivity contribution in [2.24, 2.45) is 0 Å². The first-order valence-electron chi connectivity index (χ1n) is 6.55. The largest absolute Gasteiger partial charge is 0.493 e. The standard InChI is InChI=1S/C15H14N2O3S/c1-3-20-12-7-5-4-6-10(12)11-8-21-15-16-9(2)13(14(18)19)17(11)15/h4-8H,3H2,1-2H3,(H,18,19). The van der Waals surface area contributed by atoms with E-state index in [4.69, 9.17) is 4.74 Å². The van der Waals surface area contributed by atoms with E-state index >= 15 is 0 Å². The van der Waals surface area contributed by atoms with Crippen molar-refractivity contribution < 1.29 is 14.6 Å². The topological polar surface area (TPSA) is 63.8 Å². The van der Waals surface area contributed by atoms with E-state index in [-0.39, 0.29) is 5.69 Å². The fraction of sp³-hybridized carbons (Fsp3) is 0.200. The van der Waals surface area contributed by atoms with Gasteiger partial charge >= 0.3 is 5.97 Å². The summed E-state index contributed by atoms with van der Waals surface area (Å²) in [5.41, 5.74) is 2.37. The summed E-state index contributed by atoms with van der Waals surface area (Å²) in [6.07, 6.45) is 0. The van der Waals surface area contributed by atoms with E-state index in [2.05, 4.69) is 4.98 Å². The number of hydrogen-bond donors (Lipinski definition) is 1. The van der Waals surface area contributed by atoms with Gasteiger partial charge < -0.3 is 9.84 Å². The summed E-state index contributed by atoms with van der Waals surface area (Å²) in [7, 11) is 0. The molecule has 21 heavy (non-hydrogen) atoms. The molecule has 0 amide bonds. The summed E-state index contributed by atoms with van der Waals surface area (Å²) < 4.78 is 7.32. The van der Waals surface area contributed by atoms with Crippen LogP contribution < -0.4 is 4.74 Å². The highest BCUT2D eigenvalue weighted by Crippen LogP contribution is 2.34. The van der Waals surface area contributed by atoms with E-state index in [1.807, 2.05) is 36.6 Å². The molecule has 0 atom stereocenters. The van der Waals surface area contributed by atoms with Gasteiger partial charge in [0.05, 0.1) is 18.0 Å². The van der Waals surface area contributed by atoms with E-state index in [1.54, 1.807) is 11.3 Å². The summed E-state index contributed by atoms with van der Waals surface area (Å²) >= 11 is 1.42. The Hall–Kier alpha value is -2.34. The number of hydrogen-bond acceptors (Lipinski definition) is 4. The van der Waals surface area contributed by atoms with Gasteiger partial charge in [-0.2, -0.15) is 0 Å². The van der Waals surface area contributed by atoms with Crippen LogP contribution in [-0.2, 0) is 0 Å². The van der Waals surface area contributed by atoms with Gasteiger partial charge in [0, 0.05) is 10.9 Å². The molecule has 1 aromatic carbocycles. The van der Waals surface area contributed by atoms with Crippen LogP contribution >= 0.6 is 11.3 Å². The van der Waals surface area contributed by atoms with Crippen LogP contribution in [0.3, 0.4) is 0 Å². The van der Waals surface area contributed by atoms with Crippen molar-refractivity contribution in [1.29, 1.82) is 0 Å². The van der Waals surface area contributed by atoms with Crippen molar-refractivity contribution >= 4 is 22.3 Å². The molecule has 3 aromatic rings. The number of carboxylic acids is 1. The Balaban J connectivity index is 2.29. The number of aryl methyl sites for hydroxylation is 1. The summed E-state index contributed by atoms with van der Waals surface area (Å²) in [6.45, 7) is 4.18. The maximum atomic E-state index is 11.5. The van der Waals surface area contributed by atoms with Gasteiger partial charge in [0.2, 0.25) is 0 Å². The normalized spacial score (nSPS) is 11.0. The minimum absolute atomic E-state index is 0.201. The number of fused-ring (bicyclic) bond motifs is 1. The second kappa shape index (κ2) is 5.21. The van der Waals surface area contributed by atoms with Crippen LogP contribution in [0.4, 0.5) is 0 Å². The third-order valence-electron chi connectivity index (χ3n) is 3.20. The number of benzene rings is 1. The quantitative estimate of drug-likeness (QED) is 0.801. The number of rotatable bonds is 4. The van der Waals surface area contributed by atoms with Crippen molar-refractivity contribution in [3.05, 3.63) is 41.0 Å². The number of aromatic nitrogens is 2. The second-order valence-electron chi connectivity index (χ2n) is 4.52. The smallest absolute Gasteiger partial charge is 0.354 e.